The number of hydrogen-bond acceptors (Lipinski definition) is 4. The average molecular weight is 356 g/mol. The van der Waals surface area contributed by atoms with E-state index in [4.69, 9.17) is 9.47 Å². The van der Waals surface area contributed by atoms with Crippen LogP contribution >= 0.6 is 15.9 Å². The second kappa shape index (κ2) is 5.55. The first-order chi connectivity index (χ1) is 10.0. The highest BCUT2D eigenvalue weighted by Gasteiger charge is 2.31. The number of carboxylic acids is 1. The number of amides is 1. The molecule has 0 saturated heterocycles. The third-order valence-corrected chi connectivity index (χ3v) is 4.23. The van der Waals surface area contributed by atoms with E-state index in [-0.39, 0.29) is 6.79 Å². The smallest absolute Gasteiger partial charge is 0.326 e. The summed E-state index contributed by atoms with van der Waals surface area (Å²) in [6, 6.07) is 2.34. The molecular formula is C14H14BrNO5. The van der Waals surface area contributed by atoms with Crippen LogP contribution in [0.25, 0.3) is 0 Å². The quantitative estimate of drug-likeness (QED) is 0.845. The van der Waals surface area contributed by atoms with Crippen LogP contribution in [0.2, 0.25) is 0 Å². The summed E-state index contributed by atoms with van der Waals surface area (Å²) < 4.78 is 11.0. The number of fused-ring (bicyclic) bond motifs is 1. The summed E-state index contributed by atoms with van der Waals surface area (Å²) in [5.41, 5.74) is 0.335. The van der Waals surface area contributed by atoms with E-state index in [2.05, 4.69) is 21.2 Å². The summed E-state index contributed by atoms with van der Waals surface area (Å²) in [4.78, 5) is 23.5. The van der Waals surface area contributed by atoms with Gasteiger partial charge in [0.1, 0.15) is 6.04 Å². The summed E-state index contributed by atoms with van der Waals surface area (Å²) >= 11 is 3.30. The Morgan fingerprint density at radius 3 is 2.62 bits per heavy atom. The molecule has 6 nitrogen and oxygen atoms in total. The molecule has 112 valence electrons. The molecule has 2 aliphatic rings. The van der Waals surface area contributed by atoms with E-state index < -0.39 is 17.9 Å². The van der Waals surface area contributed by atoms with Crippen molar-refractivity contribution in [1.82, 2.24) is 5.32 Å². The van der Waals surface area contributed by atoms with Crippen molar-refractivity contribution in [3.05, 3.63) is 22.2 Å². The standard InChI is InChI=1S/C14H14BrNO5/c15-9-5-12-11(20-6-21-12)4-8(9)13(17)16-10(14(18)19)3-7-1-2-7/h4-5,7,10H,1-3,6H2,(H,16,17)(H,18,19). The van der Waals surface area contributed by atoms with E-state index >= 15 is 0 Å². The number of carbonyl (C=O) groups excluding carboxylic acids is 1. The Morgan fingerprint density at radius 2 is 2.00 bits per heavy atom. The molecule has 1 saturated carbocycles. The second-order valence-electron chi connectivity index (χ2n) is 5.23. The van der Waals surface area contributed by atoms with Crippen LogP contribution < -0.4 is 14.8 Å². The molecule has 7 heteroatoms. The van der Waals surface area contributed by atoms with E-state index in [1.807, 2.05) is 0 Å². The SMILES string of the molecule is O=C(NC(CC1CC1)C(=O)O)c1cc2c(cc1Br)OCO2. The fraction of sp³-hybridized carbons (Fsp3) is 0.429. The molecule has 1 fully saturated rings. The second-order valence-corrected chi connectivity index (χ2v) is 6.08. The van der Waals surface area contributed by atoms with Crippen LogP contribution in [-0.2, 0) is 4.79 Å². The zero-order valence-electron chi connectivity index (χ0n) is 11.1. The molecule has 1 aromatic rings. The van der Waals surface area contributed by atoms with Crippen molar-refractivity contribution in [3.8, 4) is 11.5 Å². The molecular weight excluding hydrogens is 342 g/mol. The van der Waals surface area contributed by atoms with Crippen molar-refractivity contribution in [3.63, 3.8) is 0 Å². The van der Waals surface area contributed by atoms with Gasteiger partial charge in [-0.25, -0.2) is 4.79 Å². The topological polar surface area (TPSA) is 84.9 Å². The molecule has 3 rings (SSSR count). The van der Waals surface area contributed by atoms with Gasteiger partial charge in [-0.05, 0) is 40.4 Å². The minimum Gasteiger partial charge on any atom is -0.480 e. The monoisotopic (exact) mass is 355 g/mol. The third kappa shape index (κ3) is 3.12. The Labute approximate surface area is 129 Å². The lowest BCUT2D eigenvalue weighted by atomic mass is 10.1. The Kier molecular flexibility index (Phi) is 3.75. The van der Waals surface area contributed by atoms with Crippen LogP contribution in [-0.4, -0.2) is 29.8 Å². The molecule has 21 heavy (non-hydrogen) atoms. The Bertz CT molecular complexity index is 599. The largest absolute Gasteiger partial charge is 0.480 e. The van der Waals surface area contributed by atoms with Gasteiger partial charge in [-0.1, -0.05) is 12.8 Å². The number of aliphatic carboxylic acids is 1. The minimum atomic E-state index is -1.01. The zero-order valence-corrected chi connectivity index (χ0v) is 12.7. The van der Waals surface area contributed by atoms with Gasteiger partial charge in [0.25, 0.3) is 5.91 Å². The summed E-state index contributed by atoms with van der Waals surface area (Å²) in [5.74, 6) is 0.00976. The first-order valence-electron chi connectivity index (χ1n) is 6.67. The highest BCUT2D eigenvalue weighted by atomic mass is 79.9. The maximum absolute atomic E-state index is 12.3. The molecule has 1 aliphatic carbocycles. The van der Waals surface area contributed by atoms with Gasteiger partial charge < -0.3 is 19.9 Å². The molecule has 1 unspecified atom stereocenters. The van der Waals surface area contributed by atoms with Gasteiger partial charge in [-0.2, -0.15) is 0 Å². The third-order valence-electron chi connectivity index (χ3n) is 3.58. The number of benzene rings is 1. The van der Waals surface area contributed by atoms with E-state index in [0.29, 0.717) is 33.9 Å². The Morgan fingerprint density at radius 1 is 1.33 bits per heavy atom. The predicted molar refractivity (Wildman–Crippen MR) is 76.5 cm³/mol. The van der Waals surface area contributed by atoms with Crippen molar-refractivity contribution in [2.45, 2.75) is 25.3 Å². The first-order valence-corrected chi connectivity index (χ1v) is 7.46. The fourth-order valence-electron chi connectivity index (χ4n) is 2.24. The summed E-state index contributed by atoms with van der Waals surface area (Å²) in [6.45, 7) is 0.117. The Hall–Kier alpha value is -1.76. The molecule has 1 heterocycles. The number of ether oxygens (including phenoxy) is 2. The molecule has 0 bridgehead atoms. The van der Waals surface area contributed by atoms with Crippen LogP contribution in [0.3, 0.4) is 0 Å². The zero-order chi connectivity index (χ0) is 15.0. The van der Waals surface area contributed by atoms with Crippen molar-refractivity contribution in [1.29, 1.82) is 0 Å². The maximum Gasteiger partial charge on any atom is 0.326 e. The van der Waals surface area contributed by atoms with Crippen LogP contribution in [0.5, 0.6) is 11.5 Å². The number of hydrogen-bond donors (Lipinski definition) is 2. The van der Waals surface area contributed by atoms with E-state index in [0.717, 1.165) is 12.8 Å². The van der Waals surface area contributed by atoms with Crippen molar-refractivity contribution in [2.24, 2.45) is 5.92 Å². The number of carboxylic acid groups (broad SMARTS) is 1. The van der Waals surface area contributed by atoms with E-state index in [1.165, 1.54) is 0 Å². The summed E-state index contributed by atoms with van der Waals surface area (Å²) in [5, 5.41) is 11.8. The van der Waals surface area contributed by atoms with Crippen LogP contribution in [0.15, 0.2) is 16.6 Å². The van der Waals surface area contributed by atoms with Gasteiger partial charge in [-0.15, -0.1) is 0 Å². The van der Waals surface area contributed by atoms with Crippen molar-refractivity contribution >= 4 is 27.8 Å². The summed E-state index contributed by atoms with van der Waals surface area (Å²) in [7, 11) is 0. The number of carbonyl (C=O) groups is 2. The Balaban J connectivity index is 1.76. The number of halogens is 1. The highest BCUT2D eigenvalue weighted by Crippen LogP contribution is 2.37. The molecule has 1 aromatic carbocycles. The van der Waals surface area contributed by atoms with Crippen LogP contribution in [0.1, 0.15) is 29.6 Å². The normalized spacial score (nSPS) is 17.4. The van der Waals surface area contributed by atoms with Crippen LogP contribution in [0, 0.1) is 5.92 Å². The fourth-order valence-corrected chi connectivity index (χ4v) is 2.74. The van der Waals surface area contributed by atoms with Gasteiger partial charge in [0.15, 0.2) is 11.5 Å². The van der Waals surface area contributed by atoms with Crippen LogP contribution in [0.4, 0.5) is 0 Å². The van der Waals surface area contributed by atoms with Crippen molar-refractivity contribution < 1.29 is 24.2 Å². The number of rotatable bonds is 5. The minimum absolute atomic E-state index is 0.117. The average Bonchev–Trinajstić information content (AvgIpc) is 3.13. The number of nitrogens with one attached hydrogen (secondary N) is 1. The first kappa shape index (κ1) is 14.2. The van der Waals surface area contributed by atoms with Gasteiger partial charge in [0.05, 0.1) is 5.56 Å². The van der Waals surface area contributed by atoms with Gasteiger partial charge >= 0.3 is 5.97 Å². The van der Waals surface area contributed by atoms with Gasteiger partial charge in [0, 0.05) is 4.47 Å². The molecule has 0 spiro atoms. The van der Waals surface area contributed by atoms with E-state index in [1.54, 1.807) is 12.1 Å². The van der Waals surface area contributed by atoms with E-state index in [9.17, 15) is 14.7 Å². The molecule has 0 aromatic heterocycles. The summed E-state index contributed by atoms with van der Waals surface area (Å²) in [6.07, 6.45) is 2.55. The molecule has 1 aliphatic heterocycles. The highest BCUT2D eigenvalue weighted by molar-refractivity contribution is 9.10. The lowest BCUT2D eigenvalue weighted by Crippen LogP contribution is -2.41. The molecule has 2 N–H and O–H groups in total. The molecule has 0 radical (unpaired) electrons. The molecule has 1 atom stereocenters. The van der Waals surface area contributed by atoms with Gasteiger partial charge in [-0.3, -0.25) is 4.79 Å². The molecule has 1 amide bonds. The van der Waals surface area contributed by atoms with Crippen molar-refractivity contribution in [2.75, 3.05) is 6.79 Å². The van der Waals surface area contributed by atoms with Gasteiger partial charge in [0.2, 0.25) is 6.79 Å². The lowest BCUT2D eigenvalue weighted by molar-refractivity contribution is -0.139. The lowest BCUT2D eigenvalue weighted by Gasteiger charge is -2.15. The predicted octanol–water partition coefficient (Wildman–Crippen LogP) is 2.16. The maximum atomic E-state index is 12.3.